The first-order valence-electron chi connectivity index (χ1n) is 10.5. The third-order valence-corrected chi connectivity index (χ3v) is 8.07. The zero-order chi connectivity index (χ0) is 22.1. The van der Waals surface area contributed by atoms with E-state index in [-0.39, 0.29) is 22.1 Å². The highest BCUT2D eigenvalue weighted by molar-refractivity contribution is 7.93. The maximum absolute atomic E-state index is 12.8. The number of likely N-dealkylation sites (tertiary alicyclic amines) is 1. The summed E-state index contributed by atoms with van der Waals surface area (Å²) in [6, 6.07) is 9.49. The molecule has 2 aromatic heterocycles. The molecule has 0 amide bonds. The highest BCUT2D eigenvalue weighted by Gasteiger charge is 2.35. The number of sulfonamides is 1. The van der Waals surface area contributed by atoms with Crippen LogP contribution in [0.5, 0.6) is 5.75 Å². The number of hydrogen-bond donors (Lipinski definition) is 2. The number of nitrogens with zero attached hydrogens (tertiary/aromatic N) is 4. The Kier molecular flexibility index (Phi) is 5.70. The van der Waals surface area contributed by atoms with Gasteiger partial charge in [-0.2, -0.15) is 4.37 Å². The molecule has 9 nitrogen and oxygen atoms in total. The average molecular weight is 473 g/mol. The lowest BCUT2D eigenvalue weighted by molar-refractivity contribution is 0.0668. The van der Waals surface area contributed by atoms with Crippen LogP contribution in [0.3, 0.4) is 0 Å². The zero-order valence-corrected chi connectivity index (χ0v) is 19.0. The van der Waals surface area contributed by atoms with Crippen LogP contribution in [-0.2, 0) is 10.0 Å². The lowest BCUT2D eigenvalue weighted by atomic mass is 9.90. The normalized spacial score (nSPS) is 21.5. The maximum Gasteiger partial charge on any atom is 0.263 e. The molecule has 0 saturated carbocycles. The maximum atomic E-state index is 12.8. The Morgan fingerprint density at radius 2 is 2.03 bits per heavy atom. The minimum atomic E-state index is -3.77. The summed E-state index contributed by atoms with van der Waals surface area (Å²) in [5.74, 6) is 1.14. The van der Waals surface area contributed by atoms with Crippen molar-refractivity contribution in [2.45, 2.75) is 42.7 Å². The van der Waals surface area contributed by atoms with E-state index in [1.807, 2.05) is 18.2 Å². The summed E-state index contributed by atoms with van der Waals surface area (Å²) in [4.78, 5) is 10.7. The predicted molar refractivity (Wildman–Crippen MR) is 122 cm³/mol. The van der Waals surface area contributed by atoms with Gasteiger partial charge in [-0.15, -0.1) is 0 Å². The van der Waals surface area contributed by atoms with E-state index < -0.39 is 10.0 Å². The van der Waals surface area contributed by atoms with Crippen LogP contribution >= 0.6 is 11.5 Å². The third-order valence-electron chi connectivity index (χ3n) is 6.02. The lowest BCUT2D eigenvalue weighted by Crippen LogP contribution is -2.39. The number of piperidine rings is 1. The standard InChI is InChI=1S/C21H24N6O3S2/c22-20-11-14(6-8-23-20)17-3-1-2-9-27(17)18-7-10-30-19-12-15(4-5-16(18)19)32(28,29)26-21-24-13-25-31-21/h4-6,8,11-13,17-18H,1-3,7,9-10H2,(H2,22,23)(H,24,25,26)/t17-,18-/m0/s1. The van der Waals surface area contributed by atoms with Gasteiger partial charge in [0.15, 0.2) is 0 Å². The number of nitrogen functional groups attached to an aromatic ring is 1. The molecular formula is C21H24N6O3S2. The molecule has 0 radical (unpaired) electrons. The van der Waals surface area contributed by atoms with E-state index >= 15 is 0 Å². The smallest absolute Gasteiger partial charge is 0.263 e. The second-order valence-corrected chi connectivity index (χ2v) is 10.4. The summed E-state index contributed by atoms with van der Waals surface area (Å²) < 4.78 is 37.8. The monoisotopic (exact) mass is 472 g/mol. The Bertz CT molecular complexity index is 1200. The van der Waals surface area contributed by atoms with Crippen LogP contribution < -0.4 is 15.2 Å². The zero-order valence-electron chi connectivity index (χ0n) is 17.3. The fraction of sp³-hybridized carbons (Fsp3) is 0.381. The van der Waals surface area contributed by atoms with E-state index in [4.69, 9.17) is 10.5 Å². The molecule has 0 aliphatic carbocycles. The van der Waals surface area contributed by atoms with E-state index in [0.717, 1.165) is 49.3 Å². The summed E-state index contributed by atoms with van der Waals surface area (Å²) in [6.45, 7) is 1.50. The number of ether oxygens (including phenoxy) is 1. The van der Waals surface area contributed by atoms with Gasteiger partial charge in [0.1, 0.15) is 17.9 Å². The van der Waals surface area contributed by atoms with Gasteiger partial charge in [0.2, 0.25) is 5.13 Å². The van der Waals surface area contributed by atoms with Gasteiger partial charge in [-0.3, -0.25) is 9.62 Å². The van der Waals surface area contributed by atoms with Crippen LogP contribution in [0.2, 0.25) is 0 Å². The number of nitrogens with two attached hydrogens (primary N) is 1. The van der Waals surface area contributed by atoms with Crippen molar-refractivity contribution >= 4 is 32.5 Å². The molecule has 5 rings (SSSR count). The van der Waals surface area contributed by atoms with Gasteiger partial charge >= 0.3 is 0 Å². The number of rotatable bonds is 5. The van der Waals surface area contributed by atoms with Crippen LogP contribution in [0, 0.1) is 0 Å². The van der Waals surface area contributed by atoms with Crippen LogP contribution in [0.1, 0.15) is 48.9 Å². The molecule has 1 fully saturated rings. The van der Waals surface area contributed by atoms with Crippen molar-refractivity contribution in [1.82, 2.24) is 19.2 Å². The number of hydrogen-bond acceptors (Lipinski definition) is 9. The summed E-state index contributed by atoms with van der Waals surface area (Å²) in [5, 5.41) is 0.231. The average Bonchev–Trinajstić information content (AvgIpc) is 3.30. The SMILES string of the molecule is Nc1cc([C@@H]2CCCCN2[C@H]2CCOc3cc(S(=O)(=O)Nc4ncns4)ccc32)ccn1. The molecular weight excluding hydrogens is 448 g/mol. The van der Waals surface area contributed by atoms with Crippen LogP contribution in [-0.4, -0.2) is 40.8 Å². The first-order chi connectivity index (χ1) is 15.5. The number of pyridine rings is 1. The van der Waals surface area contributed by atoms with Crippen molar-refractivity contribution in [2.75, 3.05) is 23.6 Å². The molecule has 32 heavy (non-hydrogen) atoms. The molecule has 11 heteroatoms. The van der Waals surface area contributed by atoms with Gasteiger partial charge in [0.25, 0.3) is 10.0 Å². The first-order valence-corrected chi connectivity index (χ1v) is 12.8. The van der Waals surface area contributed by atoms with Gasteiger partial charge < -0.3 is 10.5 Å². The fourth-order valence-electron chi connectivity index (χ4n) is 4.61. The van der Waals surface area contributed by atoms with E-state index in [0.29, 0.717) is 18.2 Å². The summed E-state index contributed by atoms with van der Waals surface area (Å²) in [7, 11) is -3.77. The quantitative estimate of drug-likeness (QED) is 0.579. The molecule has 2 aliphatic heterocycles. The molecule has 4 heterocycles. The van der Waals surface area contributed by atoms with Crippen molar-refractivity contribution < 1.29 is 13.2 Å². The third kappa shape index (κ3) is 4.15. The first kappa shape index (κ1) is 21.1. The Morgan fingerprint density at radius 3 is 2.84 bits per heavy atom. The lowest BCUT2D eigenvalue weighted by Gasteiger charge is -2.43. The molecule has 1 saturated heterocycles. The molecule has 2 atom stereocenters. The second-order valence-electron chi connectivity index (χ2n) is 7.97. The van der Waals surface area contributed by atoms with Gasteiger partial charge in [-0.05, 0) is 43.1 Å². The fourth-order valence-corrected chi connectivity index (χ4v) is 6.29. The van der Waals surface area contributed by atoms with Crippen molar-refractivity contribution in [3.63, 3.8) is 0 Å². The second kappa shape index (κ2) is 8.64. The van der Waals surface area contributed by atoms with Crippen molar-refractivity contribution in [1.29, 1.82) is 0 Å². The topological polar surface area (TPSA) is 123 Å². The van der Waals surface area contributed by atoms with Crippen molar-refractivity contribution in [3.05, 3.63) is 54.0 Å². The Hall–Kier alpha value is -2.76. The minimum absolute atomic E-state index is 0.143. The van der Waals surface area contributed by atoms with E-state index in [9.17, 15) is 8.42 Å². The molecule has 168 valence electrons. The molecule has 3 aromatic rings. The van der Waals surface area contributed by atoms with E-state index in [1.165, 1.54) is 11.9 Å². The summed E-state index contributed by atoms with van der Waals surface area (Å²) in [6.07, 6.45) is 7.26. The number of benzene rings is 1. The molecule has 0 bridgehead atoms. The molecule has 1 aromatic carbocycles. The largest absolute Gasteiger partial charge is 0.493 e. The molecule has 2 aliphatic rings. The summed E-state index contributed by atoms with van der Waals surface area (Å²) in [5.41, 5.74) is 8.14. The van der Waals surface area contributed by atoms with Crippen molar-refractivity contribution in [3.8, 4) is 5.75 Å². The predicted octanol–water partition coefficient (Wildman–Crippen LogP) is 3.37. The molecule has 0 spiro atoms. The van der Waals surface area contributed by atoms with Gasteiger partial charge in [-0.25, -0.2) is 18.4 Å². The number of aromatic nitrogens is 3. The van der Waals surface area contributed by atoms with Crippen molar-refractivity contribution in [2.24, 2.45) is 0 Å². The molecule has 0 unspecified atom stereocenters. The summed E-state index contributed by atoms with van der Waals surface area (Å²) >= 11 is 0.989. The van der Waals surface area contributed by atoms with Gasteiger partial charge in [0.05, 0.1) is 11.5 Å². The van der Waals surface area contributed by atoms with Gasteiger partial charge in [0, 0.05) is 47.9 Å². The Morgan fingerprint density at radius 1 is 1.12 bits per heavy atom. The highest BCUT2D eigenvalue weighted by Crippen LogP contribution is 2.44. The minimum Gasteiger partial charge on any atom is -0.493 e. The van der Waals surface area contributed by atoms with E-state index in [2.05, 4.69) is 24.0 Å². The number of fused-ring (bicyclic) bond motifs is 1. The van der Waals surface area contributed by atoms with Crippen LogP contribution in [0.4, 0.5) is 10.9 Å². The number of nitrogens with one attached hydrogen (secondary N) is 1. The Labute approximate surface area is 190 Å². The van der Waals surface area contributed by atoms with Crippen LogP contribution in [0.15, 0.2) is 47.8 Å². The number of anilines is 2. The van der Waals surface area contributed by atoms with Crippen LogP contribution in [0.25, 0.3) is 0 Å². The highest BCUT2D eigenvalue weighted by atomic mass is 32.2. The molecule has 3 N–H and O–H groups in total. The Balaban J connectivity index is 1.45. The van der Waals surface area contributed by atoms with Gasteiger partial charge in [-0.1, -0.05) is 12.5 Å². The van der Waals surface area contributed by atoms with E-state index in [1.54, 1.807) is 18.3 Å².